The highest BCUT2D eigenvalue weighted by atomic mass is 16.5. The van der Waals surface area contributed by atoms with E-state index in [1.165, 1.54) is 0 Å². The maximum Gasteiger partial charge on any atom is 0.227 e. The van der Waals surface area contributed by atoms with Crippen molar-refractivity contribution < 1.29 is 9.53 Å². The fourth-order valence-electron chi connectivity index (χ4n) is 3.27. The molecule has 0 saturated carbocycles. The Labute approximate surface area is 174 Å². The number of fused-ring (bicyclic) bond motifs is 3. The van der Waals surface area contributed by atoms with Crippen LogP contribution in [0.2, 0.25) is 0 Å². The lowest BCUT2D eigenvalue weighted by Gasteiger charge is -2.17. The standard InChI is InChI=1S/C22H24N6O2/c1-27(2)12-11-16(14-29)23-22-24-19-10-5-4-9-18(19)21-25-20(26-28(21)22)15-7-6-8-17(13-15)30-3/h4-10,13-14,16H,11-12H2,1-3H3,(H,23,24). The Kier molecular flexibility index (Phi) is 5.58. The van der Waals surface area contributed by atoms with Gasteiger partial charge in [-0.15, -0.1) is 5.10 Å². The van der Waals surface area contributed by atoms with Gasteiger partial charge in [-0.3, -0.25) is 0 Å². The van der Waals surface area contributed by atoms with Crippen LogP contribution in [0.1, 0.15) is 6.42 Å². The number of rotatable bonds is 8. The fourth-order valence-corrected chi connectivity index (χ4v) is 3.27. The van der Waals surface area contributed by atoms with E-state index in [2.05, 4.69) is 10.4 Å². The van der Waals surface area contributed by atoms with Crippen LogP contribution in [0, 0.1) is 0 Å². The summed E-state index contributed by atoms with van der Waals surface area (Å²) in [5, 5.41) is 8.82. The van der Waals surface area contributed by atoms with Gasteiger partial charge in [0, 0.05) is 10.9 Å². The van der Waals surface area contributed by atoms with E-state index in [-0.39, 0.29) is 6.04 Å². The minimum Gasteiger partial charge on any atom is -0.497 e. The Bertz CT molecular complexity index is 1190. The first-order chi connectivity index (χ1) is 14.6. The topological polar surface area (TPSA) is 84.7 Å². The Morgan fingerprint density at radius 1 is 1.17 bits per heavy atom. The first-order valence-corrected chi connectivity index (χ1v) is 9.75. The van der Waals surface area contributed by atoms with E-state index in [0.29, 0.717) is 23.8 Å². The van der Waals surface area contributed by atoms with Gasteiger partial charge >= 0.3 is 0 Å². The molecule has 0 bridgehead atoms. The molecule has 2 heterocycles. The summed E-state index contributed by atoms with van der Waals surface area (Å²) in [7, 11) is 5.58. The average molecular weight is 404 g/mol. The first-order valence-electron chi connectivity index (χ1n) is 9.75. The summed E-state index contributed by atoms with van der Waals surface area (Å²) in [5.74, 6) is 1.78. The number of nitrogens with one attached hydrogen (secondary N) is 1. The Hall–Kier alpha value is -3.52. The predicted molar refractivity (Wildman–Crippen MR) is 117 cm³/mol. The lowest BCUT2D eigenvalue weighted by Crippen LogP contribution is -2.28. The Morgan fingerprint density at radius 2 is 2.00 bits per heavy atom. The molecule has 8 nitrogen and oxygen atoms in total. The van der Waals surface area contributed by atoms with Gasteiger partial charge in [-0.25, -0.2) is 9.97 Å². The second-order valence-corrected chi connectivity index (χ2v) is 7.33. The van der Waals surface area contributed by atoms with Gasteiger partial charge in [0.1, 0.15) is 12.0 Å². The molecule has 4 rings (SSSR count). The van der Waals surface area contributed by atoms with Crippen molar-refractivity contribution in [2.75, 3.05) is 33.1 Å². The number of anilines is 1. The van der Waals surface area contributed by atoms with Crippen LogP contribution >= 0.6 is 0 Å². The van der Waals surface area contributed by atoms with Crippen molar-refractivity contribution in [2.24, 2.45) is 0 Å². The number of nitrogens with zero attached hydrogens (tertiary/aromatic N) is 5. The number of hydrogen-bond acceptors (Lipinski definition) is 7. The first kappa shape index (κ1) is 19.8. The third-order valence-electron chi connectivity index (χ3n) is 4.87. The van der Waals surface area contributed by atoms with Crippen LogP contribution in [0.3, 0.4) is 0 Å². The van der Waals surface area contributed by atoms with E-state index >= 15 is 0 Å². The SMILES string of the molecule is COc1cccc(-c2nc3c4ccccc4nc(NC(C=O)CCN(C)C)n3n2)c1. The quantitative estimate of drug-likeness (QED) is 0.452. The predicted octanol–water partition coefficient (Wildman–Crippen LogP) is 2.88. The van der Waals surface area contributed by atoms with Gasteiger partial charge in [0.15, 0.2) is 11.5 Å². The van der Waals surface area contributed by atoms with E-state index in [4.69, 9.17) is 14.7 Å². The largest absolute Gasteiger partial charge is 0.497 e. The highest BCUT2D eigenvalue weighted by molar-refractivity contribution is 5.93. The summed E-state index contributed by atoms with van der Waals surface area (Å²) in [4.78, 5) is 23.2. The summed E-state index contributed by atoms with van der Waals surface area (Å²) < 4.78 is 7.00. The number of aldehydes is 1. The molecule has 154 valence electrons. The molecule has 4 aromatic rings. The van der Waals surface area contributed by atoms with Crippen molar-refractivity contribution in [2.45, 2.75) is 12.5 Å². The number of aromatic nitrogens is 4. The van der Waals surface area contributed by atoms with Crippen LogP contribution in [0.25, 0.3) is 27.9 Å². The summed E-state index contributed by atoms with van der Waals surface area (Å²) in [6.07, 6.45) is 1.57. The van der Waals surface area contributed by atoms with E-state index in [1.807, 2.05) is 67.5 Å². The molecular formula is C22H24N6O2. The number of ether oxygens (including phenoxy) is 1. The second kappa shape index (κ2) is 8.46. The minimum absolute atomic E-state index is 0.381. The van der Waals surface area contributed by atoms with Crippen LogP contribution in [-0.2, 0) is 4.79 Å². The second-order valence-electron chi connectivity index (χ2n) is 7.33. The van der Waals surface area contributed by atoms with Crippen LogP contribution < -0.4 is 10.1 Å². The summed E-state index contributed by atoms with van der Waals surface area (Å²) in [5.41, 5.74) is 2.31. The third-order valence-corrected chi connectivity index (χ3v) is 4.87. The number of carbonyl (C=O) groups excluding carboxylic acids is 1. The van der Waals surface area contributed by atoms with Gasteiger partial charge in [0.05, 0.1) is 18.7 Å². The highest BCUT2D eigenvalue weighted by Crippen LogP contribution is 2.26. The van der Waals surface area contributed by atoms with Gasteiger partial charge in [-0.2, -0.15) is 4.52 Å². The zero-order chi connectivity index (χ0) is 21.1. The molecule has 0 aliphatic rings. The molecule has 30 heavy (non-hydrogen) atoms. The van der Waals surface area contributed by atoms with Gasteiger partial charge < -0.3 is 19.7 Å². The zero-order valence-electron chi connectivity index (χ0n) is 17.2. The summed E-state index contributed by atoms with van der Waals surface area (Å²) >= 11 is 0. The molecule has 1 atom stereocenters. The highest BCUT2D eigenvalue weighted by Gasteiger charge is 2.17. The molecule has 0 aliphatic carbocycles. The summed E-state index contributed by atoms with van der Waals surface area (Å²) in [6.45, 7) is 0.777. The number of hydrogen-bond donors (Lipinski definition) is 1. The van der Waals surface area contributed by atoms with Gasteiger partial charge in [0.2, 0.25) is 5.95 Å². The molecule has 0 fully saturated rings. The number of para-hydroxylation sites is 1. The normalized spacial score (nSPS) is 12.4. The lowest BCUT2D eigenvalue weighted by molar-refractivity contribution is -0.108. The van der Waals surface area contributed by atoms with E-state index in [0.717, 1.165) is 35.0 Å². The molecule has 0 radical (unpaired) electrons. The minimum atomic E-state index is -0.381. The Morgan fingerprint density at radius 3 is 2.77 bits per heavy atom. The molecular weight excluding hydrogens is 380 g/mol. The molecule has 0 saturated heterocycles. The van der Waals surface area contributed by atoms with Gasteiger partial charge in [0.25, 0.3) is 0 Å². The number of benzene rings is 2. The molecule has 0 amide bonds. The molecule has 8 heteroatoms. The van der Waals surface area contributed by atoms with Gasteiger partial charge in [-0.05, 0) is 51.3 Å². The summed E-state index contributed by atoms with van der Waals surface area (Å²) in [6, 6.07) is 15.0. The van der Waals surface area contributed by atoms with Crippen molar-refractivity contribution in [1.29, 1.82) is 0 Å². The van der Waals surface area contributed by atoms with Crippen molar-refractivity contribution in [1.82, 2.24) is 24.5 Å². The van der Waals surface area contributed by atoms with E-state index in [1.54, 1.807) is 11.6 Å². The molecule has 2 aromatic carbocycles. The van der Waals surface area contributed by atoms with Crippen LogP contribution in [0.4, 0.5) is 5.95 Å². The van der Waals surface area contributed by atoms with E-state index < -0.39 is 0 Å². The smallest absolute Gasteiger partial charge is 0.227 e. The van der Waals surface area contributed by atoms with Crippen molar-refractivity contribution in [3.05, 3.63) is 48.5 Å². The van der Waals surface area contributed by atoms with Crippen molar-refractivity contribution in [3.8, 4) is 17.1 Å². The average Bonchev–Trinajstić information content (AvgIpc) is 3.22. The maximum absolute atomic E-state index is 11.7. The van der Waals surface area contributed by atoms with Crippen LogP contribution in [0.15, 0.2) is 48.5 Å². The zero-order valence-corrected chi connectivity index (χ0v) is 17.2. The molecule has 0 aliphatic heterocycles. The maximum atomic E-state index is 11.7. The lowest BCUT2D eigenvalue weighted by atomic mass is 10.2. The van der Waals surface area contributed by atoms with Crippen molar-refractivity contribution in [3.63, 3.8) is 0 Å². The molecule has 1 N–H and O–H groups in total. The number of carbonyl (C=O) groups is 1. The van der Waals surface area contributed by atoms with Crippen LogP contribution in [0.5, 0.6) is 5.75 Å². The number of methoxy groups -OCH3 is 1. The molecule has 2 aromatic heterocycles. The van der Waals surface area contributed by atoms with Crippen LogP contribution in [-0.4, -0.2) is 64.6 Å². The van der Waals surface area contributed by atoms with Crippen molar-refractivity contribution >= 4 is 28.8 Å². The monoisotopic (exact) mass is 404 g/mol. The third kappa shape index (κ3) is 3.95. The van der Waals surface area contributed by atoms with E-state index in [9.17, 15) is 4.79 Å². The fraction of sp³-hybridized carbons (Fsp3) is 0.273. The Balaban J connectivity index is 1.82. The van der Waals surface area contributed by atoms with Gasteiger partial charge in [-0.1, -0.05) is 24.3 Å². The molecule has 0 spiro atoms. The molecule has 1 unspecified atom stereocenters.